The topological polar surface area (TPSA) is 101 Å². The van der Waals surface area contributed by atoms with Crippen molar-refractivity contribution < 1.29 is 23.1 Å². The van der Waals surface area contributed by atoms with Crippen molar-refractivity contribution in [1.29, 1.82) is 0 Å². The number of carbonyl (C=O) groups excluding carboxylic acids is 1. The third-order valence-corrected chi connectivity index (χ3v) is 1.98. The van der Waals surface area contributed by atoms with Crippen LogP contribution < -0.4 is 4.72 Å². The van der Waals surface area contributed by atoms with Gasteiger partial charge in [-0.1, -0.05) is 0 Å². The number of rotatable bonds is 5. The fourth-order valence-corrected chi connectivity index (χ4v) is 1.59. The normalized spacial score (nSPS) is 13.7. The van der Waals surface area contributed by atoms with Crippen LogP contribution in [0, 0.1) is 0 Å². The summed E-state index contributed by atoms with van der Waals surface area (Å²) >= 11 is 0. The molecule has 0 spiro atoms. The molecule has 0 unspecified atom stereocenters. The molecule has 0 saturated carbocycles. The molecule has 0 aliphatic heterocycles. The molecule has 0 saturated heterocycles. The molecule has 0 aromatic rings. The van der Waals surface area contributed by atoms with E-state index in [1.807, 2.05) is 0 Å². The van der Waals surface area contributed by atoms with E-state index in [0.29, 0.717) is 0 Å². The molecule has 0 amide bonds. The predicted octanol–water partition coefficient (Wildman–Crippen LogP) is -1.03. The van der Waals surface area contributed by atoms with Gasteiger partial charge in [-0.25, -0.2) is 17.9 Å². The quantitative estimate of drug-likeness (QED) is 0.564. The lowest BCUT2D eigenvalue weighted by atomic mass is 10.2. The molecule has 0 aromatic carbocycles. The smallest absolute Gasteiger partial charge is 0.372 e. The standard InChI is InChI=1S/C6H11NO5S/c1-4(7-13(2,11)12)3-5(8)6(9)10/h4,7H,3H2,1-2H3,(H,9,10)/t4-/m1/s1. The molecular formula is C6H11NO5S. The highest BCUT2D eigenvalue weighted by Crippen LogP contribution is 1.94. The Morgan fingerprint density at radius 3 is 2.23 bits per heavy atom. The van der Waals surface area contributed by atoms with Gasteiger partial charge in [0.25, 0.3) is 0 Å². The zero-order chi connectivity index (χ0) is 10.6. The Balaban J connectivity index is 4.10. The Bertz CT molecular complexity index is 307. The molecular weight excluding hydrogens is 198 g/mol. The van der Waals surface area contributed by atoms with Crippen molar-refractivity contribution >= 4 is 21.8 Å². The Hall–Kier alpha value is -0.950. The van der Waals surface area contributed by atoms with E-state index < -0.39 is 27.8 Å². The molecule has 0 aromatic heterocycles. The lowest BCUT2D eigenvalue weighted by Crippen LogP contribution is -2.34. The highest BCUT2D eigenvalue weighted by atomic mass is 32.2. The maximum Gasteiger partial charge on any atom is 0.372 e. The van der Waals surface area contributed by atoms with Gasteiger partial charge in [0.05, 0.1) is 6.26 Å². The second kappa shape index (κ2) is 4.33. The number of hydrogen-bond acceptors (Lipinski definition) is 4. The fourth-order valence-electron chi connectivity index (χ4n) is 0.773. The average molecular weight is 209 g/mol. The third-order valence-electron chi connectivity index (χ3n) is 1.15. The zero-order valence-electron chi connectivity index (χ0n) is 7.27. The van der Waals surface area contributed by atoms with E-state index in [4.69, 9.17) is 5.11 Å². The first-order valence-electron chi connectivity index (χ1n) is 3.46. The monoisotopic (exact) mass is 209 g/mol. The number of carboxylic acid groups (broad SMARTS) is 1. The van der Waals surface area contributed by atoms with Gasteiger partial charge in [0.15, 0.2) is 0 Å². The van der Waals surface area contributed by atoms with Crippen LogP contribution in [0.5, 0.6) is 0 Å². The molecule has 7 heteroatoms. The molecule has 0 heterocycles. The number of sulfonamides is 1. The highest BCUT2D eigenvalue weighted by Gasteiger charge is 2.17. The van der Waals surface area contributed by atoms with E-state index in [1.54, 1.807) is 0 Å². The minimum atomic E-state index is -3.39. The predicted molar refractivity (Wildman–Crippen MR) is 44.7 cm³/mol. The average Bonchev–Trinajstić information content (AvgIpc) is 1.81. The largest absolute Gasteiger partial charge is 0.476 e. The number of aliphatic carboxylic acids is 1. The van der Waals surface area contributed by atoms with Crippen molar-refractivity contribution in [1.82, 2.24) is 4.72 Å². The molecule has 0 fully saturated rings. The maximum absolute atomic E-state index is 10.6. The van der Waals surface area contributed by atoms with Crippen molar-refractivity contribution in [2.24, 2.45) is 0 Å². The van der Waals surface area contributed by atoms with Gasteiger partial charge in [-0.05, 0) is 6.92 Å². The van der Waals surface area contributed by atoms with Crippen molar-refractivity contribution in [2.45, 2.75) is 19.4 Å². The number of ketones is 1. The third kappa shape index (κ3) is 6.23. The lowest BCUT2D eigenvalue weighted by molar-refractivity contribution is -0.149. The van der Waals surface area contributed by atoms with Crippen molar-refractivity contribution in [3.63, 3.8) is 0 Å². The van der Waals surface area contributed by atoms with Gasteiger partial charge < -0.3 is 5.11 Å². The minimum Gasteiger partial charge on any atom is -0.476 e. The highest BCUT2D eigenvalue weighted by molar-refractivity contribution is 7.88. The van der Waals surface area contributed by atoms with Gasteiger partial charge in [-0.2, -0.15) is 0 Å². The molecule has 6 nitrogen and oxygen atoms in total. The van der Waals surface area contributed by atoms with Crippen molar-refractivity contribution in [3.05, 3.63) is 0 Å². The Morgan fingerprint density at radius 2 is 1.92 bits per heavy atom. The number of nitrogens with one attached hydrogen (secondary N) is 1. The first kappa shape index (κ1) is 12.0. The molecule has 13 heavy (non-hydrogen) atoms. The summed E-state index contributed by atoms with van der Waals surface area (Å²) in [6, 6.07) is -0.696. The second-order valence-electron chi connectivity index (χ2n) is 2.72. The van der Waals surface area contributed by atoms with Gasteiger partial charge in [0, 0.05) is 12.5 Å². The summed E-state index contributed by atoms with van der Waals surface area (Å²) in [5.74, 6) is -2.56. The number of carbonyl (C=O) groups is 2. The van der Waals surface area contributed by atoms with Gasteiger partial charge in [-0.15, -0.1) is 0 Å². The fraction of sp³-hybridized carbons (Fsp3) is 0.667. The van der Waals surface area contributed by atoms with E-state index >= 15 is 0 Å². The molecule has 0 bridgehead atoms. The van der Waals surface area contributed by atoms with E-state index in [0.717, 1.165) is 6.26 Å². The van der Waals surface area contributed by atoms with Crippen LogP contribution in [0.4, 0.5) is 0 Å². The molecule has 0 aliphatic rings. The van der Waals surface area contributed by atoms with Crippen LogP contribution in [0.15, 0.2) is 0 Å². The molecule has 1 atom stereocenters. The van der Waals surface area contributed by atoms with Crippen LogP contribution in [0.3, 0.4) is 0 Å². The van der Waals surface area contributed by atoms with Crippen LogP contribution in [0.1, 0.15) is 13.3 Å². The van der Waals surface area contributed by atoms with Crippen LogP contribution in [0.25, 0.3) is 0 Å². The van der Waals surface area contributed by atoms with Crippen LogP contribution in [0.2, 0.25) is 0 Å². The number of Topliss-reactive ketones (excluding diaryl/α,β-unsaturated/α-hetero) is 1. The Kier molecular flexibility index (Phi) is 4.02. The SMILES string of the molecule is C[C@H](CC(=O)C(=O)O)NS(C)(=O)=O. The Morgan fingerprint density at radius 1 is 1.46 bits per heavy atom. The van der Waals surface area contributed by atoms with Gasteiger partial charge >= 0.3 is 5.97 Å². The second-order valence-corrected chi connectivity index (χ2v) is 4.50. The first-order chi connectivity index (χ1) is 5.72. The van der Waals surface area contributed by atoms with Crippen LogP contribution >= 0.6 is 0 Å². The van der Waals surface area contributed by atoms with E-state index in [9.17, 15) is 18.0 Å². The lowest BCUT2D eigenvalue weighted by Gasteiger charge is -2.08. The van der Waals surface area contributed by atoms with E-state index in [2.05, 4.69) is 4.72 Å². The van der Waals surface area contributed by atoms with Gasteiger partial charge in [0.1, 0.15) is 0 Å². The summed E-state index contributed by atoms with van der Waals surface area (Å²) in [5, 5.41) is 8.20. The Labute approximate surface area is 76.0 Å². The van der Waals surface area contributed by atoms with Gasteiger partial charge in [-0.3, -0.25) is 4.79 Å². The summed E-state index contributed by atoms with van der Waals surface area (Å²) in [7, 11) is -3.39. The molecule has 76 valence electrons. The molecule has 2 N–H and O–H groups in total. The summed E-state index contributed by atoms with van der Waals surface area (Å²) in [5.41, 5.74) is 0. The molecule has 0 radical (unpaired) electrons. The first-order valence-corrected chi connectivity index (χ1v) is 5.35. The number of carboxylic acids is 1. The summed E-state index contributed by atoms with van der Waals surface area (Å²) in [4.78, 5) is 20.7. The van der Waals surface area contributed by atoms with E-state index in [-0.39, 0.29) is 6.42 Å². The molecule has 0 aliphatic carbocycles. The zero-order valence-corrected chi connectivity index (χ0v) is 8.09. The van der Waals surface area contributed by atoms with Crippen LogP contribution in [-0.2, 0) is 19.6 Å². The van der Waals surface area contributed by atoms with Crippen molar-refractivity contribution in [3.8, 4) is 0 Å². The van der Waals surface area contributed by atoms with Gasteiger partial charge in [0.2, 0.25) is 15.8 Å². The van der Waals surface area contributed by atoms with E-state index in [1.165, 1.54) is 6.92 Å². The van der Waals surface area contributed by atoms with Crippen LogP contribution in [-0.4, -0.2) is 37.6 Å². The van der Waals surface area contributed by atoms with Crippen molar-refractivity contribution in [2.75, 3.05) is 6.26 Å². The number of hydrogen-bond donors (Lipinski definition) is 2. The summed E-state index contributed by atoms with van der Waals surface area (Å²) < 4.78 is 23.3. The summed E-state index contributed by atoms with van der Waals surface area (Å²) in [6.07, 6.45) is 0.594. The minimum absolute atomic E-state index is 0.345. The summed E-state index contributed by atoms with van der Waals surface area (Å²) in [6.45, 7) is 1.42. The maximum atomic E-state index is 10.6. The molecule has 0 rings (SSSR count).